The molecule has 0 radical (unpaired) electrons. The first-order chi connectivity index (χ1) is 15.6. The second-order valence-electron chi connectivity index (χ2n) is 7.47. The molecule has 0 bridgehead atoms. The smallest absolute Gasteiger partial charge is 0.301 e. The summed E-state index contributed by atoms with van der Waals surface area (Å²) < 4.78 is 0.907. The van der Waals surface area contributed by atoms with Crippen LogP contribution in [0.5, 0.6) is 0 Å². The van der Waals surface area contributed by atoms with E-state index in [9.17, 15) is 14.7 Å². The van der Waals surface area contributed by atoms with Crippen molar-refractivity contribution in [1.82, 2.24) is 9.97 Å². The lowest BCUT2D eigenvalue weighted by molar-refractivity contribution is -0.132. The van der Waals surface area contributed by atoms with E-state index in [1.165, 1.54) is 16.2 Å². The molecule has 1 saturated heterocycles. The topological polar surface area (TPSA) is 83.4 Å². The summed E-state index contributed by atoms with van der Waals surface area (Å²) >= 11 is 1.33. The minimum atomic E-state index is -0.824. The summed E-state index contributed by atoms with van der Waals surface area (Å²) in [6.45, 7) is 2.04. The van der Waals surface area contributed by atoms with Crippen molar-refractivity contribution in [3.05, 3.63) is 95.3 Å². The number of aryl methyl sites for hydroxylation is 1. The lowest BCUT2D eigenvalue weighted by atomic mass is 9.96. The summed E-state index contributed by atoms with van der Waals surface area (Å²) in [6.07, 6.45) is 4.08. The Balaban J connectivity index is 1.70. The third kappa shape index (κ3) is 3.27. The lowest BCUT2D eigenvalue weighted by Crippen LogP contribution is -2.29. The van der Waals surface area contributed by atoms with E-state index >= 15 is 0 Å². The Kier molecular flexibility index (Phi) is 5.03. The average molecular weight is 442 g/mol. The van der Waals surface area contributed by atoms with Crippen LogP contribution in [0.15, 0.2) is 78.6 Å². The maximum Gasteiger partial charge on any atom is 0.301 e. The second kappa shape index (κ2) is 8.01. The molecule has 1 atom stereocenters. The summed E-state index contributed by atoms with van der Waals surface area (Å²) in [5.41, 5.74) is 3.00. The van der Waals surface area contributed by atoms with E-state index in [0.29, 0.717) is 16.3 Å². The molecule has 32 heavy (non-hydrogen) atoms. The normalized spacial score (nSPS) is 17.9. The number of rotatable bonds is 4. The molecule has 5 rings (SSSR count). The van der Waals surface area contributed by atoms with E-state index in [2.05, 4.69) is 9.97 Å². The molecule has 7 heteroatoms. The van der Waals surface area contributed by atoms with E-state index in [-0.39, 0.29) is 11.3 Å². The predicted octanol–water partition coefficient (Wildman–Crippen LogP) is 4.88. The van der Waals surface area contributed by atoms with Crippen LogP contribution in [0.4, 0.5) is 5.13 Å². The number of aliphatic hydroxyl groups is 1. The molecule has 1 aliphatic rings. The van der Waals surface area contributed by atoms with Crippen LogP contribution in [0.2, 0.25) is 0 Å². The van der Waals surface area contributed by atoms with Gasteiger partial charge in [0.05, 0.1) is 21.8 Å². The van der Waals surface area contributed by atoms with Crippen LogP contribution < -0.4 is 4.90 Å². The Morgan fingerprint density at radius 3 is 2.53 bits per heavy atom. The van der Waals surface area contributed by atoms with Crippen molar-refractivity contribution in [1.29, 1.82) is 0 Å². The number of carbonyl (C=O) groups excluding carboxylic acids is 2. The zero-order valence-corrected chi connectivity index (χ0v) is 18.0. The van der Waals surface area contributed by atoms with Gasteiger partial charge in [-0.2, -0.15) is 0 Å². The Morgan fingerprint density at radius 1 is 1.06 bits per heavy atom. The van der Waals surface area contributed by atoms with Gasteiger partial charge >= 0.3 is 5.91 Å². The fourth-order valence-corrected chi connectivity index (χ4v) is 4.89. The standard InChI is InChI=1S/C25H19N3O3S/c1-2-15-9-11-16(12-10-15)22(29)20-21(17-6-5-13-26-14-17)28(24(31)23(20)30)25-27-18-7-3-4-8-19(18)32-25/h3-14,21,29H,2H2,1H3/b22-20+. The molecule has 1 N–H and O–H groups in total. The summed E-state index contributed by atoms with van der Waals surface area (Å²) in [5.74, 6) is -1.66. The molecule has 1 aliphatic heterocycles. The van der Waals surface area contributed by atoms with Gasteiger partial charge in [-0.1, -0.05) is 60.7 Å². The highest BCUT2D eigenvalue weighted by atomic mass is 32.1. The number of fused-ring (bicyclic) bond motifs is 1. The van der Waals surface area contributed by atoms with E-state index in [4.69, 9.17) is 0 Å². The average Bonchev–Trinajstić information content (AvgIpc) is 3.38. The maximum absolute atomic E-state index is 13.2. The Labute approximate surface area is 188 Å². The SMILES string of the molecule is CCc1ccc(/C(O)=C2\C(=O)C(=O)N(c3nc4ccccc4s3)C2c2cccnc2)cc1. The van der Waals surface area contributed by atoms with Crippen LogP contribution in [-0.2, 0) is 16.0 Å². The van der Waals surface area contributed by atoms with Crippen molar-refractivity contribution in [3.8, 4) is 0 Å². The molecule has 2 aromatic heterocycles. The zero-order chi connectivity index (χ0) is 22.2. The molecule has 0 saturated carbocycles. The van der Waals surface area contributed by atoms with Gasteiger partial charge in [-0.05, 0) is 35.7 Å². The first kappa shape index (κ1) is 20.1. The van der Waals surface area contributed by atoms with Gasteiger partial charge < -0.3 is 5.11 Å². The number of aromatic nitrogens is 2. The number of pyridine rings is 1. The highest BCUT2D eigenvalue weighted by Gasteiger charge is 2.48. The predicted molar refractivity (Wildman–Crippen MR) is 124 cm³/mol. The van der Waals surface area contributed by atoms with Gasteiger partial charge in [0.2, 0.25) is 0 Å². The third-order valence-electron chi connectivity index (χ3n) is 5.57. The molecule has 0 spiro atoms. The number of carbonyl (C=O) groups is 2. The van der Waals surface area contributed by atoms with Gasteiger partial charge in [-0.25, -0.2) is 4.98 Å². The first-order valence-corrected chi connectivity index (χ1v) is 11.1. The minimum Gasteiger partial charge on any atom is -0.507 e. The van der Waals surface area contributed by atoms with E-state index in [1.54, 1.807) is 36.7 Å². The largest absolute Gasteiger partial charge is 0.507 e. The van der Waals surface area contributed by atoms with Crippen LogP contribution in [0.3, 0.4) is 0 Å². The molecule has 2 aromatic carbocycles. The first-order valence-electron chi connectivity index (χ1n) is 10.2. The fourth-order valence-electron chi connectivity index (χ4n) is 3.90. The summed E-state index contributed by atoms with van der Waals surface area (Å²) in [6, 6.07) is 17.6. The Morgan fingerprint density at radius 2 is 1.84 bits per heavy atom. The number of aliphatic hydroxyl groups excluding tert-OH is 1. The number of Topliss-reactive ketones (excluding diaryl/α,β-unsaturated/α-hetero) is 1. The number of hydrogen-bond donors (Lipinski definition) is 1. The van der Waals surface area contributed by atoms with Crippen LogP contribution in [0, 0.1) is 0 Å². The van der Waals surface area contributed by atoms with Gasteiger partial charge in [-0.15, -0.1) is 0 Å². The molecule has 4 aromatic rings. The van der Waals surface area contributed by atoms with Gasteiger partial charge in [0.15, 0.2) is 5.13 Å². The molecular weight excluding hydrogens is 422 g/mol. The van der Waals surface area contributed by atoms with Gasteiger partial charge in [-0.3, -0.25) is 19.5 Å². The second-order valence-corrected chi connectivity index (χ2v) is 8.48. The van der Waals surface area contributed by atoms with Crippen LogP contribution in [0.1, 0.15) is 29.7 Å². The molecule has 6 nitrogen and oxygen atoms in total. The summed E-state index contributed by atoms with van der Waals surface area (Å²) in [4.78, 5) is 36.5. The highest BCUT2D eigenvalue weighted by molar-refractivity contribution is 7.22. The van der Waals surface area contributed by atoms with Crippen LogP contribution in [-0.4, -0.2) is 26.8 Å². The van der Waals surface area contributed by atoms with Crippen molar-refractivity contribution in [2.24, 2.45) is 0 Å². The number of para-hydroxylation sites is 1. The summed E-state index contributed by atoms with van der Waals surface area (Å²) in [5, 5.41) is 11.6. The van der Waals surface area contributed by atoms with Crippen molar-refractivity contribution < 1.29 is 14.7 Å². The number of thiazole rings is 1. The zero-order valence-electron chi connectivity index (χ0n) is 17.2. The van der Waals surface area contributed by atoms with Gasteiger partial charge in [0.25, 0.3) is 5.78 Å². The Bertz CT molecular complexity index is 1330. The van der Waals surface area contributed by atoms with Crippen molar-refractivity contribution in [2.45, 2.75) is 19.4 Å². The van der Waals surface area contributed by atoms with Crippen molar-refractivity contribution in [3.63, 3.8) is 0 Å². The monoisotopic (exact) mass is 441 g/mol. The number of ketones is 1. The van der Waals surface area contributed by atoms with Crippen molar-refractivity contribution >= 4 is 44.1 Å². The van der Waals surface area contributed by atoms with Gasteiger partial charge in [0, 0.05) is 18.0 Å². The van der Waals surface area contributed by atoms with Crippen LogP contribution >= 0.6 is 11.3 Å². The number of benzene rings is 2. The van der Waals surface area contributed by atoms with E-state index in [0.717, 1.165) is 22.2 Å². The van der Waals surface area contributed by atoms with Crippen molar-refractivity contribution in [2.75, 3.05) is 4.90 Å². The number of anilines is 1. The minimum absolute atomic E-state index is 0.0338. The molecular formula is C25H19N3O3S. The summed E-state index contributed by atoms with van der Waals surface area (Å²) in [7, 11) is 0. The van der Waals surface area contributed by atoms with E-state index < -0.39 is 17.7 Å². The molecule has 1 unspecified atom stereocenters. The quantitative estimate of drug-likeness (QED) is 0.277. The number of amides is 1. The third-order valence-corrected chi connectivity index (χ3v) is 6.60. The number of nitrogens with zero attached hydrogens (tertiary/aromatic N) is 3. The number of hydrogen-bond acceptors (Lipinski definition) is 6. The maximum atomic E-state index is 13.2. The fraction of sp³-hybridized carbons (Fsp3) is 0.120. The highest BCUT2D eigenvalue weighted by Crippen LogP contribution is 2.44. The molecule has 0 aliphatic carbocycles. The van der Waals surface area contributed by atoms with Crippen LogP contribution in [0.25, 0.3) is 16.0 Å². The molecule has 1 fully saturated rings. The Hall–Kier alpha value is -3.84. The molecule has 1 amide bonds. The van der Waals surface area contributed by atoms with E-state index in [1.807, 2.05) is 43.3 Å². The van der Waals surface area contributed by atoms with Gasteiger partial charge in [0.1, 0.15) is 5.76 Å². The molecule has 3 heterocycles. The molecule has 158 valence electrons. The lowest BCUT2D eigenvalue weighted by Gasteiger charge is -2.22.